The first kappa shape index (κ1) is 9.80. The highest BCUT2D eigenvalue weighted by Gasteiger charge is 1.94. The van der Waals surface area contributed by atoms with E-state index in [4.69, 9.17) is 4.74 Å². The van der Waals surface area contributed by atoms with Gasteiger partial charge in [0.25, 0.3) is 0 Å². The molecular weight excluding hydrogens is 166 g/mol. The fourth-order valence-corrected chi connectivity index (χ4v) is 0.963. The summed E-state index contributed by atoms with van der Waals surface area (Å²) in [5.41, 5.74) is 1.03. The summed E-state index contributed by atoms with van der Waals surface area (Å²) in [7, 11) is 3.54. The van der Waals surface area contributed by atoms with Gasteiger partial charge in [-0.05, 0) is 13.1 Å². The maximum Gasteiger partial charge on any atom is 0.214 e. The van der Waals surface area contributed by atoms with Gasteiger partial charge in [0, 0.05) is 31.0 Å². The first-order valence-corrected chi connectivity index (χ1v) is 4.25. The van der Waals surface area contributed by atoms with Gasteiger partial charge in [-0.1, -0.05) is 0 Å². The molecule has 0 aromatic carbocycles. The number of hydrogen-bond donors (Lipinski definition) is 2. The van der Waals surface area contributed by atoms with Crippen molar-refractivity contribution in [3.05, 3.63) is 18.3 Å². The molecule has 0 radical (unpaired) electrons. The standard InChI is InChI=1S/C9H15N3O/c1-10-5-6-11-8-3-4-12-9(7-8)13-2/h3-4,7,10H,5-6H2,1-2H3,(H,11,12). The normalized spacial score (nSPS) is 9.69. The van der Waals surface area contributed by atoms with Gasteiger partial charge in [0.1, 0.15) is 0 Å². The van der Waals surface area contributed by atoms with Gasteiger partial charge in [0.15, 0.2) is 0 Å². The molecule has 0 spiro atoms. The number of anilines is 1. The van der Waals surface area contributed by atoms with E-state index in [0.717, 1.165) is 18.8 Å². The molecular formula is C9H15N3O. The molecule has 1 rings (SSSR count). The Kier molecular flexibility index (Phi) is 4.05. The molecule has 0 saturated carbocycles. The molecule has 1 heterocycles. The van der Waals surface area contributed by atoms with Crippen molar-refractivity contribution in [3.63, 3.8) is 0 Å². The zero-order valence-corrected chi connectivity index (χ0v) is 8.00. The van der Waals surface area contributed by atoms with Crippen LogP contribution in [0.15, 0.2) is 18.3 Å². The van der Waals surface area contributed by atoms with Crippen molar-refractivity contribution < 1.29 is 4.74 Å². The molecule has 0 fully saturated rings. The van der Waals surface area contributed by atoms with E-state index in [0.29, 0.717) is 5.88 Å². The highest BCUT2D eigenvalue weighted by molar-refractivity contribution is 5.44. The molecule has 0 saturated heterocycles. The quantitative estimate of drug-likeness (QED) is 0.657. The summed E-state index contributed by atoms with van der Waals surface area (Å²) in [6, 6.07) is 3.79. The number of aromatic nitrogens is 1. The van der Waals surface area contributed by atoms with Crippen LogP contribution in [0.5, 0.6) is 5.88 Å². The van der Waals surface area contributed by atoms with Crippen molar-refractivity contribution in [2.75, 3.05) is 32.6 Å². The number of likely N-dealkylation sites (N-methyl/N-ethyl adjacent to an activating group) is 1. The average Bonchev–Trinajstić information content (AvgIpc) is 2.19. The molecule has 2 N–H and O–H groups in total. The minimum atomic E-state index is 0.634. The van der Waals surface area contributed by atoms with Crippen LogP contribution in [0.4, 0.5) is 5.69 Å². The maximum atomic E-state index is 4.99. The SMILES string of the molecule is CNCCNc1ccnc(OC)c1. The third-order valence-corrected chi connectivity index (χ3v) is 1.65. The van der Waals surface area contributed by atoms with E-state index in [1.165, 1.54) is 0 Å². The monoisotopic (exact) mass is 181 g/mol. The highest BCUT2D eigenvalue weighted by atomic mass is 16.5. The second kappa shape index (κ2) is 5.37. The summed E-state index contributed by atoms with van der Waals surface area (Å²) in [5, 5.41) is 6.29. The second-order valence-electron chi connectivity index (χ2n) is 2.62. The van der Waals surface area contributed by atoms with Crippen LogP contribution in [0.3, 0.4) is 0 Å². The molecule has 72 valence electrons. The van der Waals surface area contributed by atoms with Gasteiger partial charge < -0.3 is 15.4 Å². The third-order valence-electron chi connectivity index (χ3n) is 1.65. The van der Waals surface area contributed by atoms with Gasteiger partial charge in [0.05, 0.1) is 7.11 Å². The molecule has 1 aromatic rings. The third kappa shape index (κ3) is 3.29. The molecule has 4 heteroatoms. The Morgan fingerprint density at radius 3 is 3.00 bits per heavy atom. The summed E-state index contributed by atoms with van der Waals surface area (Å²) >= 11 is 0. The lowest BCUT2D eigenvalue weighted by atomic mass is 10.4. The van der Waals surface area contributed by atoms with Gasteiger partial charge in [-0.3, -0.25) is 0 Å². The van der Waals surface area contributed by atoms with Gasteiger partial charge >= 0.3 is 0 Å². The maximum absolute atomic E-state index is 4.99. The summed E-state index contributed by atoms with van der Waals surface area (Å²) in [4.78, 5) is 4.01. The van der Waals surface area contributed by atoms with Crippen LogP contribution in [0.1, 0.15) is 0 Å². The molecule has 1 aromatic heterocycles. The molecule has 0 aliphatic carbocycles. The summed E-state index contributed by atoms with van der Waals surface area (Å²) in [6.07, 6.45) is 1.72. The topological polar surface area (TPSA) is 46.2 Å². The number of ether oxygens (including phenoxy) is 1. The first-order chi connectivity index (χ1) is 6.36. The second-order valence-corrected chi connectivity index (χ2v) is 2.62. The van der Waals surface area contributed by atoms with Crippen molar-refractivity contribution in [1.29, 1.82) is 0 Å². The summed E-state index contributed by atoms with van der Waals surface area (Å²) in [5.74, 6) is 0.634. The Labute approximate surface area is 78.3 Å². The fraction of sp³-hybridized carbons (Fsp3) is 0.444. The van der Waals surface area contributed by atoms with E-state index in [1.54, 1.807) is 13.3 Å². The zero-order valence-electron chi connectivity index (χ0n) is 8.00. The zero-order chi connectivity index (χ0) is 9.52. The van der Waals surface area contributed by atoms with Crippen LogP contribution in [0.25, 0.3) is 0 Å². The Bertz CT molecular complexity index is 252. The van der Waals surface area contributed by atoms with Crippen molar-refractivity contribution in [2.45, 2.75) is 0 Å². The predicted octanol–water partition coefficient (Wildman–Crippen LogP) is 0.721. The number of nitrogens with one attached hydrogen (secondary N) is 2. The van der Waals surface area contributed by atoms with Gasteiger partial charge in [-0.25, -0.2) is 4.98 Å². The lowest BCUT2D eigenvalue weighted by Crippen LogP contribution is -2.17. The number of nitrogens with zero attached hydrogens (tertiary/aromatic N) is 1. The predicted molar refractivity (Wildman–Crippen MR) is 53.2 cm³/mol. The van der Waals surface area contributed by atoms with Crippen molar-refractivity contribution in [1.82, 2.24) is 10.3 Å². The number of methoxy groups -OCH3 is 1. The molecule has 0 unspecified atom stereocenters. The van der Waals surface area contributed by atoms with E-state index in [2.05, 4.69) is 15.6 Å². The molecule has 0 amide bonds. The average molecular weight is 181 g/mol. The van der Waals surface area contributed by atoms with Crippen molar-refractivity contribution in [2.24, 2.45) is 0 Å². The number of hydrogen-bond acceptors (Lipinski definition) is 4. The molecule has 0 aliphatic rings. The molecule has 0 bridgehead atoms. The molecule has 0 atom stereocenters. The van der Waals surface area contributed by atoms with E-state index in [1.807, 2.05) is 19.2 Å². The fourth-order valence-electron chi connectivity index (χ4n) is 0.963. The Balaban J connectivity index is 2.46. The molecule has 4 nitrogen and oxygen atoms in total. The van der Waals surface area contributed by atoms with Crippen LogP contribution >= 0.6 is 0 Å². The van der Waals surface area contributed by atoms with Crippen LogP contribution in [-0.4, -0.2) is 32.2 Å². The minimum Gasteiger partial charge on any atom is -0.481 e. The number of rotatable bonds is 5. The first-order valence-electron chi connectivity index (χ1n) is 4.25. The van der Waals surface area contributed by atoms with Crippen molar-refractivity contribution >= 4 is 5.69 Å². The van der Waals surface area contributed by atoms with Crippen LogP contribution in [0, 0.1) is 0 Å². The molecule has 13 heavy (non-hydrogen) atoms. The van der Waals surface area contributed by atoms with Crippen LogP contribution < -0.4 is 15.4 Å². The smallest absolute Gasteiger partial charge is 0.214 e. The van der Waals surface area contributed by atoms with Gasteiger partial charge in [0.2, 0.25) is 5.88 Å². The van der Waals surface area contributed by atoms with E-state index < -0.39 is 0 Å². The van der Waals surface area contributed by atoms with E-state index >= 15 is 0 Å². The van der Waals surface area contributed by atoms with E-state index in [-0.39, 0.29) is 0 Å². The summed E-state index contributed by atoms with van der Waals surface area (Å²) in [6.45, 7) is 1.83. The van der Waals surface area contributed by atoms with Crippen molar-refractivity contribution in [3.8, 4) is 5.88 Å². The minimum absolute atomic E-state index is 0.634. The summed E-state index contributed by atoms with van der Waals surface area (Å²) < 4.78 is 4.99. The molecule has 0 aliphatic heterocycles. The lowest BCUT2D eigenvalue weighted by Gasteiger charge is -2.06. The lowest BCUT2D eigenvalue weighted by molar-refractivity contribution is 0.398. The van der Waals surface area contributed by atoms with Crippen LogP contribution in [-0.2, 0) is 0 Å². The van der Waals surface area contributed by atoms with Gasteiger partial charge in [-0.2, -0.15) is 0 Å². The highest BCUT2D eigenvalue weighted by Crippen LogP contribution is 2.12. The van der Waals surface area contributed by atoms with E-state index in [9.17, 15) is 0 Å². The Hall–Kier alpha value is -1.29. The Morgan fingerprint density at radius 1 is 1.46 bits per heavy atom. The van der Waals surface area contributed by atoms with Gasteiger partial charge in [-0.15, -0.1) is 0 Å². The number of pyridine rings is 1. The largest absolute Gasteiger partial charge is 0.481 e. The Morgan fingerprint density at radius 2 is 2.31 bits per heavy atom. The van der Waals surface area contributed by atoms with Crippen LogP contribution in [0.2, 0.25) is 0 Å².